The van der Waals surface area contributed by atoms with E-state index in [4.69, 9.17) is 21.4 Å². The van der Waals surface area contributed by atoms with Crippen molar-refractivity contribution in [3.05, 3.63) is 64.8 Å². The summed E-state index contributed by atoms with van der Waals surface area (Å²) in [5, 5.41) is 6.54. The Bertz CT molecular complexity index is 966. The normalized spacial score (nSPS) is 12.4. The molecule has 0 saturated carbocycles. The quantitative estimate of drug-likeness (QED) is 0.569. The van der Waals surface area contributed by atoms with Crippen molar-refractivity contribution in [2.75, 3.05) is 0 Å². The number of para-hydroxylation sites is 1. The molecule has 0 N–H and O–H groups in total. The Morgan fingerprint density at radius 2 is 1.67 bits per heavy atom. The van der Waals surface area contributed by atoms with Crippen LogP contribution in [0.5, 0.6) is 0 Å². The Morgan fingerprint density at radius 1 is 1.04 bits per heavy atom. The van der Waals surface area contributed by atoms with E-state index in [9.17, 15) is 4.79 Å². The van der Waals surface area contributed by atoms with Gasteiger partial charge in [-0.2, -0.15) is 5.10 Å². The van der Waals surface area contributed by atoms with Crippen LogP contribution in [0, 0.1) is 0 Å². The molecule has 0 unspecified atom stereocenters. The lowest BCUT2D eigenvalue weighted by molar-refractivity contribution is -0.155. The molecule has 3 aromatic rings. The predicted octanol–water partition coefficient (Wildman–Crippen LogP) is 5.36. The smallest absolute Gasteiger partial charge is 0.328 e. The number of fused-ring (bicyclic) bond motifs is 1. The van der Waals surface area contributed by atoms with E-state index < -0.39 is 5.60 Å². The highest BCUT2D eigenvalue weighted by Crippen LogP contribution is 2.35. The van der Waals surface area contributed by atoms with Crippen molar-refractivity contribution < 1.29 is 9.53 Å². The molecule has 0 radical (unpaired) electrons. The maximum Gasteiger partial charge on any atom is 0.328 e. The van der Waals surface area contributed by atoms with Gasteiger partial charge in [0.05, 0.1) is 11.2 Å². The van der Waals surface area contributed by atoms with E-state index in [0.29, 0.717) is 5.02 Å². The molecule has 0 aliphatic heterocycles. The molecule has 5 heteroatoms. The standard InChI is InChI=1S/C22H25ClN2O2/c1-21(2,3)27-19(26)14-25-18-9-7-6-8-17(18)20(24-25)22(4,5)15-10-12-16(23)13-11-15/h6-13H,14H2,1-5H3. The summed E-state index contributed by atoms with van der Waals surface area (Å²) < 4.78 is 7.20. The molecule has 27 heavy (non-hydrogen) atoms. The zero-order valence-corrected chi connectivity index (χ0v) is 17.2. The molecule has 142 valence electrons. The fourth-order valence-electron chi connectivity index (χ4n) is 3.21. The Balaban J connectivity index is 2.04. The third-order valence-corrected chi connectivity index (χ3v) is 4.77. The van der Waals surface area contributed by atoms with Crippen molar-refractivity contribution in [1.82, 2.24) is 9.78 Å². The summed E-state index contributed by atoms with van der Waals surface area (Å²) in [6, 6.07) is 15.8. The maximum absolute atomic E-state index is 12.3. The molecule has 4 nitrogen and oxygen atoms in total. The first-order chi connectivity index (χ1) is 12.6. The fourth-order valence-corrected chi connectivity index (χ4v) is 3.33. The van der Waals surface area contributed by atoms with Gasteiger partial charge in [0.2, 0.25) is 0 Å². The molecule has 0 saturated heterocycles. The van der Waals surface area contributed by atoms with Crippen LogP contribution < -0.4 is 0 Å². The number of nitrogens with zero attached hydrogens (tertiary/aromatic N) is 2. The van der Waals surface area contributed by atoms with Gasteiger partial charge in [-0.25, -0.2) is 0 Å². The lowest BCUT2D eigenvalue weighted by atomic mass is 9.80. The molecule has 0 atom stereocenters. The largest absolute Gasteiger partial charge is 0.459 e. The van der Waals surface area contributed by atoms with E-state index >= 15 is 0 Å². The average molecular weight is 385 g/mol. The average Bonchev–Trinajstić information content (AvgIpc) is 2.93. The number of hydrogen-bond acceptors (Lipinski definition) is 3. The molecule has 0 spiro atoms. The van der Waals surface area contributed by atoms with Gasteiger partial charge in [-0.1, -0.05) is 55.8 Å². The van der Waals surface area contributed by atoms with Crippen LogP contribution in [0.2, 0.25) is 5.02 Å². The summed E-state index contributed by atoms with van der Waals surface area (Å²) in [4.78, 5) is 12.3. The molecule has 3 rings (SSSR count). The van der Waals surface area contributed by atoms with Gasteiger partial charge in [0.1, 0.15) is 12.1 Å². The number of halogens is 1. The van der Waals surface area contributed by atoms with Gasteiger partial charge in [0.15, 0.2) is 0 Å². The topological polar surface area (TPSA) is 44.1 Å². The third kappa shape index (κ3) is 4.16. The highest BCUT2D eigenvalue weighted by molar-refractivity contribution is 6.30. The molecule has 1 aromatic heterocycles. The monoisotopic (exact) mass is 384 g/mol. The highest BCUT2D eigenvalue weighted by atomic mass is 35.5. The van der Waals surface area contributed by atoms with Crippen LogP contribution in [0.15, 0.2) is 48.5 Å². The van der Waals surface area contributed by atoms with Gasteiger partial charge >= 0.3 is 5.97 Å². The van der Waals surface area contributed by atoms with Gasteiger partial charge in [-0.05, 0) is 44.5 Å². The summed E-state index contributed by atoms with van der Waals surface area (Å²) in [6.07, 6.45) is 0. The van der Waals surface area contributed by atoms with Crippen molar-refractivity contribution in [2.24, 2.45) is 0 Å². The lowest BCUT2D eigenvalue weighted by Crippen LogP contribution is -2.27. The molecule has 0 amide bonds. The minimum absolute atomic E-state index is 0.0779. The van der Waals surface area contributed by atoms with Crippen LogP contribution >= 0.6 is 11.6 Å². The minimum atomic E-state index is -0.522. The molecule has 0 aliphatic carbocycles. The summed E-state index contributed by atoms with van der Waals surface area (Å²) in [7, 11) is 0. The van der Waals surface area contributed by atoms with E-state index in [1.54, 1.807) is 4.68 Å². The maximum atomic E-state index is 12.3. The molecule has 0 aliphatic rings. The molecular formula is C22H25ClN2O2. The van der Waals surface area contributed by atoms with Crippen LogP contribution in [0.25, 0.3) is 10.9 Å². The van der Waals surface area contributed by atoms with Crippen molar-refractivity contribution in [1.29, 1.82) is 0 Å². The van der Waals surface area contributed by atoms with Gasteiger partial charge < -0.3 is 4.74 Å². The van der Waals surface area contributed by atoms with E-state index in [1.807, 2.05) is 69.3 Å². The molecule has 1 heterocycles. The summed E-state index contributed by atoms with van der Waals surface area (Å²) in [6.45, 7) is 9.92. The van der Waals surface area contributed by atoms with Crippen LogP contribution in [0.4, 0.5) is 0 Å². The van der Waals surface area contributed by atoms with E-state index in [0.717, 1.165) is 22.2 Å². The van der Waals surface area contributed by atoms with Crippen molar-refractivity contribution >= 4 is 28.5 Å². The fraction of sp³-hybridized carbons (Fsp3) is 0.364. The number of aromatic nitrogens is 2. The van der Waals surface area contributed by atoms with E-state index in [2.05, 4.69) is 13.8 Å². The predicted molar refractivity (Wildman–Crippen MR) is 109 cm³/mol. The minimum Gasteiger partial charge on any atom is -0.459 e. The summed E-state index contributed by atoms with van der Waals surface area (Å²) in [5.74, 6) is -0.299. The molecule has 0 bridgehead atoms. The Hall–Kier alpha value is -2.33. The first-order valence-corrected chi connectivity index (χ1v) is 9.40. The van der Waals surface area contributed by atoms with E-state index in [1.165, 1.54) is 0 Å². The number of hydrogen-bond donors (Lipinski definition) is 0. The second-order valence-corrected chi connectivity index (χ2v) is 8.68. The molecule has 0 fully saturated rings. The van der Waals surface area contributed by atoms with Gasteiger partial charge in [-0.3, -0.25) is 9.48 Å². The van der Waals surface area contributed by atoms with Crippen LogP contribution in [-0.4, -0.2) is 21.4 Å². The van der Waals surface area contributed by atoms with Crippen molar-refractivity contribution in [3.63, 3.8) is 0 Å². The molecular weight excluding hydrogens is 360 g/mol. The summed E-state index contributed by atoms with van der Waals surface area (Å²) >= 11 is 6.05. The number of esters is 1. The SMILES string of the molecule is CC(C)(C)OC(=O)Cn1nc(C(C)(C)c2ccc(Cl)cc2)c2ccccc21. The first-order valence-electron chi connectivity index (χ1n) is 9.02. The number of carbonyl (C=O) groups is 1. The van der Waals surface area contributed by atoms with Crippen LogP contribution in [0.3, 0.4) is 0 Å². The zero-order chi connectivity index (χ0) is 19.8. The number of rotatable bonds is 4. The van der Waals surface area contributed by atoms with Crippen molar-refractivity contribution in [2.45, 2.75) is 52.2 Å². The number of carbonyl (C=O) groups excluding carboxylic acids is 1. The Morgan fingerprint density at radius 3 is 2.30 bits per heavy atom. The first kappa shape index (κ1) is 19.4. The van der Waals surface area contributed by atoms with Gasteiger partial charge in [0, 0.05) is 15.8 Å². The Kier molecular flexibility index (Phi) is 5.04. The second-order valence-electron chi connectivity index (χ2n) is 8.24. The number of benzene rings is 2. The molecule has 2 aromatic carbocycles. The summed E-state index contributed by atoms with van der Waals surface area (Å²) in [5.41, 5.74) is 2.08. The van der Waals surface area contributed by atoms with Crippen molar-refractivity contribution in [3.8, 4) is 0 Å². The van der Waals surface area contributed by atoms with Gasteiger partial charge in [-0.15, -0.1) is 0 Å². The third-order valence-electron chi connectivity index (χ3n) is 4.51. The van der Waals surface area contributed by atoms with Crippen LogP contribution in [-0.2, 0) is 21.5 Å². The van der Waals surface area contributed by atoms with E-state index in [-0.39, 0.29) is 17.9 Å². The van der Waals surface area contributed by atoms with Crippen LogP contribution in [0.1, 0.15) is 45.9 Å². The lowest BCUT2D eigenvalue weighted by Gasteiger charge is -2.24. The Labute approximate surface area is 165 Å². The highest BCUT2D eigenvalue weighted by Gasteiger charge is 2.29. The zero-order valence-electron chi connectivity index (χ0n) is 16.4. The second kappa shape index (κ2) is 7.01. The van der Waals surface area contributed by atoms with Gasteiger partial charge in [0.25, 0.3) is 0 Å². The number of ether oxygens (including phenoxy) is 1.